The maximum atomic E-state index is 15.2. The molecule has 0 fully saturated rings. The van der Waals surface area contributed by atoms with Gasteiger partial charge in [0.1, 0.15) is 28.5 Å². The number of nitrogens with zero attached hydrogens (tertiary/aromatic N) is 3. The van der Waals surface area contributed by atoms with E-state index in [9.17, 15) is 17.6 Å². The van der Waals surface area contributed by atoms with E-state index in [1.165, 1.54) is 37.6 Å². The number of aromatic nitrogens is 2. The molecule has 0 spiro atoms. The van der Waals surface area contributed by atoms with Gasteiger partial charge in [-0.15, -0.1) is 0 Å². The minimum Gasteiger partial charge on any atom is -0.495 e. The zero-order valence-corrected chi connectivity index (χ0v) is 20.4. The average molecular weight is 558 g/mol. The molecule has 0 aliphatic carbocycles. The van der Waals surface area contributed by atoms with Gasteiger partial charge in [0.15, 0.2) is 5.82 Å². The molecule has 0 saturated heterocycles. The first kappa shape index (κ1) is 23.3. The van der Waals surface area contributed by atoms with Gasteiger partial charge in [-0.3, -0.25) is 9.36 Å². The van der Waals surface area contributed by atoms with Crippen molar-refractivity contribution in [1.82, 2.24) is 9.72 Å². The maximum absolute atomic E-state index is 15.2. The van der Waals surface area contributed by atoms with Crippen molar-refractivity contribution in [2.75, 3.05) is 17.9 Å². The Bertz CT molecular complexity index is 1530. The summed E-state index contributed by atoms with van der Waals surface area (Å²) >= 11 is 3.06. The normalized spacial score (nSPS) is 12.0. The van der Waals surface area contributed by atoms with E-state index in [0.717, 1.165) is 26.8 Å². The summed E-state index contributed by atoms with van der Waals surface area (Å²) in [5.41, 5.74) is -0.522. The summed E-state index contributed by atoms with van der Waals surface area (Å²) in [6.07, 6.45) is 1.21. The fraction of sp³-hybridized carbons (Fsp3) is 0.100. The smallest absolute Gasteiger partial charge is 0.271 e. The third kappa shape index (κ3) is 4.03. The van der Waals surface area contributed by atoms with Crippen LogP contribution in [0.3, 0.4) is 0 Å². The monoisotopic (exact) mass is 557 g/mol. The third-order valence-corrected chi connectivity index (χ3v) is 8.81. The standard InChI is InChI=1S/C20H15BrF2N3O5PS/c1-30-17-8-12(21)13(22)9-16(17)25-15-10-14(23)18(7-11(15)3-4-20(25)27)33(28,29)26(32-2)19-5-6-31-24-19/h3-10,32H,1-2H3. The van der Waals surface area contributed by atoms with Crippen molar-refractivity contribution >= 4 is 51.4 Å². The molecule has 2 aromatic heterocycles. The van der Waals surface area contributed by atoms with E-state index < -0.39 is 32.1 Å². The molecule has 4 aromatic rings. The first-order chi connectivity index (χ1) is 15.7. The fourth-order valence-electron chi connectivity index (χ4n) is 3.31. The Morgan fingerprint density at radius 1 is 1.15 bits per heavy atom. The van der Waals surface area contributed by atoms with Crippen molar-refractivity contribution in [3.63, 3.8) is 0 Å². The molecular formula is C20H15BrF2N3O5PS. The van der Waals surface area contributed by atoms with Gasteiger partial charge >= 0.3 is 0 Å². The summed E-state index contributed by atoms with van der Waals surface area (Å²) < 4.78 is 68.0. The number of anilines is 1. The number of pyridine rings is 1. The van der Waals surface area contributed by atoms with E-state index in [1.54, 1.807) is 6.66 Å². The van der Waals surface area contributed by atoms with Gasteiger partial charge in [0.2, 0.25) is 0 Å². The van der Waals surface area contributed by atoms with Crippen molar-refractivity contribution in [2.24, 2.45) is 0 Å². The molecule has 0 radical (unpaired) electrons. The van der Waals surface area contributed by atoms with Gasteiger partial charge in [0, 0.05) is 29.7 Å². The highest BCUT2D eigenvalue weighted by Gasteiger charge is 2.29. The quantitative estimate of drug-likeness (QED) is 0.325. The van der Waals surface area contributed by atoms with Crippen molar-refractivity contribution in [1.29, 1.82) is 0 Å². The SMILES string of the molecule is COc1cc(Br)c(F)cc1-n1c(=O)ccc2cc(S(=O)(=O)N(PC)c3ccon3)c(F)cc21. The number of benzene rings is 2. The molecule has 8 nitrogen and oxygen atoms in total. The lowest BCUT2D eigenvalue weighted by Crippen LogP contribution is -2.24. The lowest BCUT2D eigenvalue weighted by Gasteiger charge is -2.20. The third-order valence-electron chi connectivity index (χ3n) is 4.76. The summed E-state index contributed by atoms with van der Waals surface area (Å²) in [5, 5.41) is 3.86. The van der Waals surface area contributed by atoms with Crippen LogP contribution in [0.15, 0.2) is 67.4 Å². The Kier molecular flexibility index (Phi) is 6.26. The molecule has 0 N–H and O–H groups in total. The number of fused-ring (bicyclic) bond motifs is 1. The molecule has 33 heavy (non-hydrogen) atoms. The predicted octanol–water partition coefficient (Wildman–Crippen LogP) is 4.45. The van der Waals surface area contributed by atoms with Crippen LogP contribution in [0.4, 0.5) is 14.6 Å². The molecule has 1 unspecified atom stereocenters. The van der Waals surface area contributed by atoms with Crippen LogP contribution in [0.1, 0.15) is 0 Å². The van der Waals surface area contributed by atoms with E-state index in [-0.39, 0.29) is 41.4 Å². The Balaban J connectivity index is 1.97. The number of rotatable bonds is 6. The first-order valence-electron chi connectivity index (χ1n) is 9.21. The molecule has 2 heterocycles. The number of hydrogen-bond acceptors (Lipinski definition) is 6. The van der Waals surface area contributed by atoms with Crippen LogP contribution in [-0.2, 0) is 10.0 Å². The Hall–Kier alpha value is -2.82. The van der Waals surface area contributed by atoms with Crippen molar-refractivity contribution in [3.05, 3.63) is 75.2 Å². The highest BCUT2D eigenvalue weighted by molar-refractivity contribution is 9.10. The zero-order chi connectivity index (χ0) is 23.9. The van der Waals surface area contributed by atoms with Gasteiger partial charge in [-0.1, -0.05) is 5.16 Å². The molecule has 0 aliphatic rings. The summed E-state index contributed by atoms with van der Waals surface area (Å²) in [7, 11) is -3.30. The molecule has 13 heteroatoms. The van der Waals surface area contributed by atoms with Crippen LogP contribution in [0.5, 0.6) is 5.75 Å². The first-order valence-corrected chi connectivity index (χ1v) is 12.9. The second kappa shape index (κ2) is 8.85. The summed E-state index contributed by atoms with van der Waals surface area (Å²) in [6.45, 7) is 1.59. The van der Waals surface area contributed by atoms with Gasteiger partial charge in [-0.2, -0.15) is 0 Å². The molecule has 0 aliphatic heterocycles. The van der Waals surface area contributed by atoms with Gasteiger partial charge in [-0.05, 0) is 49.5 Å². The van der Waals surface area contributed by atoms with E-state index in [0.29, 0.717) is 0 Å². The van der Waals surface area contributed by atoms with E-state index >= 15 is 4.39 Å². The topological polar surface area (TPSA) is 94.6 Å². The Morgan fingerprint density at radius 2 is 1.91 bits per heavy atom. The average Bonchev–Trinajstić information content (AvgIpc) is 3.29. The number of sulfonamides is 1. The number of ether oxygens (including phenoxy) is 1. The zero-order valence-electron chi connectivity index (χ0n) is 17.0. The Labute approximate surface area is 196 Å². The molecular weight excluding hydrogens is 543 g/mol. The second-order valence-corrected chi connectivity index (χ2v) is 10.5. The van der Waals surface area contributed by atoms with E-state index in [4.69, 9.17) is 9.26 Å². The van der Waals surface area contributed by atoms with Crippen molar-refractivity contribution < 1.29 is 26.5 Å². The molecule has 0 saturated carbocycles. The summed E-state index contributed by atoms with van der Waals surface area (Å²) in [4.78, 5) is 12.1. The van der Waals surface area contributed by atoms with Gasteiger partial charge in [-0.25, -0.2) is 21.3 Å². The Morgan fingerprint density at radius 3 is 2.55 bits per heavy atom. The largest absolute Gasteiger partial charge is 0.495 e. The van der Waals surface area contributed by atoms with Crippen LogP contribution in [0.2, 0.25) is 0 Å². The molecule has 0 amide bonds. The molecule has 0 bridgehead atoms. The van der Waals surface area contributed by atoms with E-state index in [1.807, 2.05) is 0 Å². The van der Waals surface area contributed by atoms with Crippen LogP contribution < -0.4 is 14.4 Å². The number of hydrogen-bond donors (Lipinski definition) is 0. The van der Waals surface area contributed by atoms with Crippen LogP contribution in [0, 0.1) is 11.6 Å². The van der Waals surface area contributed by atoms with Crippen LogP contribution >= 0.6 is 24.7 Å². The molecule has 172 valence electrons. The predicted molar refractivity (Wildman–Crippen MR) is 124 cm³/mol. The van der Waals surface area contributed by atoms with Gasteiger partial charge in [0.05, 0.1) is 22.8 Å². The van der Waals surface area contributed by atoms with E-state index in [2.05, 4.69) is 21.1 Å². The lowest BCUT2D eigenvalue weighted by molar-refractivity contribution is 0.411. The van der Waals surface area contributed by atoms with Crippen LogP contribution in [0.25, 0.3) is 16.6 Å². The minimum atomic E-state index is -4.34. The number of halogens is 3. The summed E-state index contributed by atoms with van der Waals surface area (Å²) in [6, 6.07) is 8.32. The molecule has 1 atom stereocenters. The second-order valence-electron chi connectivity index (χ2n) is 6.64. The minimum absolute atomic E-state index is 0.00961. The lowest BCUT2D eigenvalue weighted by atomic mass is 10.2. The van der Waals surface area contributed by atoms with Gasteiger partial charge < -0.3 is 9.26 Å². The van der Waals surface area contributed by atoms with Crippen molar-refractivity contribution in [3.8, 4) is 11.4 Å². The molecule has 2 aromatic carbocycles. The highest BCUT2D eigenvalue weighted by atomic mass is 79.9. The highest BCUT2D eigenvalue weighted by Crippen LogP contribution is 2.35. The maximum Gasteiger partial charge on any atom is 0.271 e. The number of methoxy groups -OCH3 is 1. The fourth-order valence-corrected chi connectivity index (χ4v) is 6.35. The van der Waals surface area contributed by atoms with Crippen LogP contribution in [-0.4, -0.2) is 31.9 Å². The molecule has 4 rings (SSSR count). The van der Waals surface area contributed by atoms with Gasteiger partial charge in [0.25, 0.3) is 15.6 Å². The van der Waals surface area contributed by atoms with Crippen molar-refractivity contribution in [2.45, 2.75) is 4.90 Å². The summed E-state index contributed by atoms with van der Waals surface area (Å²) in [5.74, 6) is -1.60.